The first-order valence-corrected chi connectivity index (χ1v) is 4.42. The smallest absolute Gasteiger partial charge is 0.121 e. The molecule has 1 aromatic rings. The van der Waals surface area contributed by atoms with Crippen LogP contribution in [-0.4, -0.2) is 21.4 Å². The highest BCUT2D eigenvalue weighted by Crippen LogP contribution is 2.23. The molecule has 5 N–H and O–H groups in total. The molecule has 0 aromatic heterocycles. The second kappa shape index (κ2) is 4.41. The Balaban J connectivity index is 2.96. The SMILES string of the molecule is CC(O)C(N)c1ccc(CO)c(O)c1. The van der Waals surface area contributed by atoms with Gasteiger partial charge in [0, 0.05) is 5.56 Å². The maximum absolute atomic E-state index is 9.42. The zero-order chi connectivity index (χ0) is 10.7. The molecule has 0 radical (unpaired) electrons. The topological polar surface area (TPSA) is 86.7 Å². The molecule has 0 amide bonds. The summed E-state index contributed by atoms with van der Waals surface area (Å²) in [6, 6.07) is 4.21. The number of benzene rings is 1. The second-order valence-corrected chi connectivity index (χ2v) is 3.31. The lowest BCUT2D eigenvalue weighted by atomic mass is 10.0. The maximum atomic E-state index is 9.42. The zero-order valence-electron chi connectivity index (χ0n) is 8.01. The largest absolute Gasteiger partial charge is 0.508 e. The summed E-state index contributed by atoms with van der Waals surface area (Å²) < 4.78 is 0. The number of rotatable bonds is 3. The van der Waals surface area contributed by atoms with Crippen molar-refractivity contribution in [2.45, 2.75) is 25.7 Å². The Labute approximate surface area is 82.6 Å². The molecule has 1 aromatic carbocycles. The summed E-state index contributed by atoms with van der Waals surface area (Å²) in [7, 11) is 0. The van der Waals surface area contributed by atoms with Crippen molar-refractivity contribution in [3.63, 3.8) is 0 Å². The molecule has 0 heterocycles. The first-order chi connectivity index (χ1) is 6.56. The highest BCUT2D eigenvalue weighted by Gasteiger charge is 2.13. The van der Waals surface area contributed by atoms with Crippen LogP contribution in [0.3, 0.4) is 0 Å². The molecule has 0 bridgehead atoms. The summed E-state index contributed by atoms with van der Waals surface area (Å²) in [6.45, 7) is 1.37. The van der Waals surface area contributed by atoms with Crippen LogP contribution in [0.15, 0.2) is 18.2 Å². The van der Waals surface area contributed by atoms with Crippen LogP contribution in [0.5, 0.6) is 5.75 Å². The first-order valence-electron chi connectivity index (χ1n) is 4.42. The van der Waals surface area contributed by atoms with E-state index in [9.17, 15) is 10.2 Å². The van der Waals surface area contributed by atoms with Crippen molar-refractivity contribution < 1.29 is 15.3 Å². The molecule has 78 valence electrons. The molecule has 0 saturated carbocycles. The molecule has 0 fully saturated rings. The third kappa shape index (κ3) is 2.23. The number of nitrogens with two attached hydrogens (primary N) is 1. The molecule has 0 spiro atoms. The third-order valence-corrected chi connectivity index (χ3v) is 2.18. The summed E-state index contributed by atoms with van der Waals surface area (Å²) in [5.74, 6) is 0.00102. The number of aromatic hydroxyl groups is 1. The highest BCUT2D eigenvalue weighted by molar-refractivity contribution is 5.37. The van der Waals surface area contributed by atoms with Crippen molar-refractivity contribution >= 4 is 0 Å². The van der Waals surface area contributed by atoms with Gasteiger partial charge in [0.15, 0.2) is 0 Å². The fourth-order valence-electron chi connectivity index (χ4n) is 1.20. The Morgan fingerprint density at radius 1 is 1.43 bits per heavy atom. The molecule has 0 aliphatic heterocycles. The van der Waals surface area contributed by atoms with Gasteiger partial charge < -0.3 is 21.1 Å². The number of aliphatic hydroxyl groups is 2. The van der Waals surface area contributed by atoms with Gasteiger partial charge in [-0.2, -0.15) is 0 Å². The average molecular weight is 197 g/mol. The fourth-order valence-corrected chi connectivity index (χ4v) is 1.20. The van der Waals surface area contributed by atoms with Crippen molar-refractivity contribution in [3.8, 4) is 5.75 Å². The Morgan fingerprint density at radius 3 is 2.50 bits per heavy atom. The van der Waals surface area contributed by atoms with E-state index in [-0.39, 0.29) is 12.4 Å². The van der Waals surface area contributed by atoms with E-state index in [2.05, 4.69) is 0 Å². The van der Waals surface area contributed by atoms with Gasteiger partial charge in [-0.15, -0.1) is 0 Å². The van der Waals surface area contributed by atoms with Gasteiger partial charge in [-0.05, 0) is 18.6 Å². The molecule has 4 nitrogen and oxygen atoms in total. The summed E-state index contributed by atoms with van der Waals surface area (Å²) >= 11 is 0. The molecule has 0 aliphatic carbocycles. The minimum absolute atomic E-state index is 0.00102. The van der Waals surface area contributed by atoms with Crippen molar-refractivity contribution in [2.75, 3.05) is 0 Å². The minimum atomic E-state index is -0.672. The van der Waals surface area contributed by atoms with Crippen LogP contribution in [0.2, 0.25) is 0 Å². The molecule has 1 rings (SSSR count). The van der Waals surface area contributed by atoms with E-state index in [1.54, 1.807) is 19.1 Å². The Bertz CT molecular complexity index is 312. The second-order valence-electron chi connectivity index (χ2n) is 3.31. The van der Waals surface area contributed by atoms with Crippen LogP contribution >= 0.6 is 0 Å². The molecule has 0 aliphatic rings. The Kier molecular flexibility index (Phi) is 3.46. The van der Waals surface area contributed by atoms with Gasteiger partial charge >= 0.3 is 0 Å². The number of phenols is 1. The lowest BCUT2D eigenvalue weighted by Gasteiger charge is -2.15. The molecular weight excluding hydrogens is 182 g/mol. The van der Waals surface area contributed by atoms with E-state index in [0.717, 1.165) is 0 Å². The van der Waals surface area contributed by atoms with Crippen LogP contribution in [0, 0.1) is 0 Å². The predicted octanol–water partition coefficient (Wildman–Crippen LogP) is 0.265. The van der Waals surface area contributed by atoms with Gasteiger partial charge in [0.1, 0.15) is 5.75 Å². The number of aliphatic hydroxyl groups excluding tert-OH is 2. The van der Waals surface area contributed by atoms with Crippen LogP contribution in [0.1, 0.15) is 24.1 Å². The van der Waals surface area contributed by atoms with E-state index in [4.69, 9.17) is 10.8 Å². The number of hydrogen-bond donors (Lipinski definition) is 4. The van der Waals surface area contributed by atoms with Crippen LogP contribution < -0.4 is 5.73 Å². The average Bonchev–Trinajstić information content (AvgIpc) is 2.16. The van der Waals surface area contributed by atoms with Gasteiger partial charge in [-0.25, -0.2) is 0 Å². The minimum Gasteiger partial charge on any atom is -0.508 e. The summed E-state index contributed by atoms with van der Waals surface area (Å²) in [5.41, 5.74) is 6.77. The number of hydrogen-bond acceptors (Lipinski definition) is 4. The van der Waals surface area contributed by atoms with Gasteiger partial charge in [0.05, 0.1) is 18.8 Å². The van der Waals surface area contributed by atoms with Crippen molar-refractivity contribution in [2.24, 2.45) is 5.73 Å². The molecule has 2 unspecified atom stereocenters. The molecule has 0 saturated heterocycles. The van der Waals surface area contributed by atoms with E-state index in [0.29, 0.717) is 11.1 Å². The fraction of sp³-hybridized carbons (Fsp3) is 0.400. The standard InChI is InChI=1S/C10H15NO3/c1-6(13)10(11)7-2-3-8(5-12)9(14)4-7/h2-4,6,10,12-14H,5,11H2,1H3. The maximum Gasteiger partial charge on any atom is 0.121 e. The van der Waals surface area contributed by atoms with Crippen molar-refractivity contribution in [3.05, 3.63) is 29.3 Å². The quantitative estimate of drug-likeness (QED) is 0.560. The molecule has 2 atom stereocenters. The Hall–Kier alpha value is -1.10. The van der Waals surface area contributed by atoms with E-state index in [1.165, 1.54) is 6.07 Å². The normalized spacial score (nSPS) is 15.1. The molecular formula is C10H15NO3. The summed E-state index contributed by atoms with van der Waals surface area (Å²) in [5, 5.41) is 27.5. The predicted molar refractivity (Wildman–Crippen MR) is 52.6 cm³/mol. The van der Waals surface area contributed by atoms with Gasteiger partial charge in [0.2, 0.25) is 0 Å². The summed E-state index contributed by atoms with van der Waals surface area (Å²) in [6.07, 6.45) is -0.672. The van der Waals surface area contributed by atoms with Crippen LogP contribution in [0.4, 0.5) is 0 Å². The van der Waals surface area contributed by atoms with Crippen LogP contribution in [-0.2, 0) is 6.61 Å². The third-order valence-electron chi connectivity index (χ3n) is 2.18. The van der Waals surface area contributed by atoms with Gasteiger partial charge in [0.25, 0.3) is 0 Å². The van der Waals surface area contributed by atoms with Crippen LogP contribution in [0.25, 0.3) is 0 Å². The lowest BCUT2D eigenvalue weighted by Crippen LogP contribution is -2.23. The highest BCUT2D eigenvalue weighted by atomic mass is 16.3. The zero-order valence-corrected chi connectivity index (χ0v) is 8.01. The van der Waals surface area contributed by atoms with Gasteiger partial charge in [-0.3, -0.25) is 0 Å². The Morgan fingerprint density at radius 2 is 2.07 bits per heavy atom. The first kappa shape index (κ1) is 11.0. The van der Waals surface area contributed by atoms with Crippen molar-refractivity contribution in [1.29, 1.82) is 0 Å². The van der Waals surface area contributed by atoms with E-state index < -0.39 is 12.1 Å². The van der Waals surface area contributed by atoms with E-state index >= 15 is 0 Å². The van der Waals surface area contributed by atoms with Crippen molar-refractivity contribution in [1.82, 2.24) is 0 Å². The molecule has 4 heteroatoms. The lowest BCUT2D eigenvalue weighted by molar-refractivity contribution is 0.164. The monoisotopic (exact) mass is 197 g/mol. The van der Waals surface area contributed by atoms with Gasteiger partial charge in [-0.1, -0.05) is 12.1 Å². The summed E-state index contributed by atoms with van der Waals surface area (Å²) in [4.78, 5) is 0. The molecule has 14 heavy (non-hydrogen) atoms. The van der Waals surface area contributed by atoms with E-state index in [1.807, 2.05) is 0 Å².